The molecule has 0 atom stereocenters. The van der Waals surface area contributed by atoms with Crippen LogP contribution in [0, 0.1) is 0 Å². The summed E-state index contributed by atoms with van der Waals surface area (Å²) in [6.07, 6.45) is 0. The van der Waals surface area contributed by atoms with Gasteiger partial charge in [0, 0.05) is 12.3 Å². The second-order valence-corrected chi connectivity index (χ2v) is 3.58. The number of aromatic amines is 1. The number of H-pyrrole nitrogens is 1. The number of nitrogens with zero attached hydrogens (tertiary/aromatic N) is 1. The molecule has 1 aromatic carbocycles. The summed E-state index contributed by atoms with van der Waals surface area (Å²) in [5, 5.41) is 12.7. The topological polar surface area (TPSA) is 86.9 Å². The standard InChI is InChI=1S/C11H12N4O2/c1-7(16)12-6-10(17)13-11-8-4-2-3-5-9(8)14-15-11/h2-5H,6H2,1H3,(H,12,16)(H2,13,14,15,17). The molecule has 6 heteroatoms. The van der Waals surface area contributed by atoms with Crippen molar-refractivity contribution < 1.29 is 9.59 Å². The minimum atomic E-state index is -0.308. The molecule has 17 heavy (non-hydrogen) atoms. The molecule has 1 aromatic heterocycles. The van der Waals surface area contributed by atoms with Gasteiger partial charge in [-0.2, -0.15) is 5.10 Å². The highest BCUT2D eigenvalue weighted by Crippen LogP contribution is 2.18. The minimum Gasteiger partial charge on any atom is -0.347 e. The van der Waals surface area contributed by atoms with Crippen molar-refractivity contribution in [2.24, 2.45) is 0 Å². The molecule has 2 aromatic rings. The molecule has 0 aliphatic rings. The fourth-order valence-electron chi connectivity index (χ4n) is 1.44. The van der Waals surface area contributed by atoms with Gasteiger partial charge in [0.2, 0.25) is 11.8 Å². The van der Waals surface area contributed by atoms with E-state index in [1.54, 1.807) is 0 Å². The minimum absolute atomic E-state index is 0.0590. The predicted octanol–water partition coefficient (Wildman–Crippen LogP) is 0.637. The molecule has 0 unspecified atom stereocenters. The maximum Gasteiger partial charge on any atom is 0.244 e. The summed E-state index contributed by atoms with van der Waals surface area (Å²) in [5.41, 5.74) is 0.849. The first-order chi connectivity index (χ1) is 8.16. The number of carbonyl (C=O) groups is 2. The van der Waals surface area contributed by atoms with Crippen LogP contribution in [0.5, 0.6) is 0 Å². The Morgan fingerprint density at radius 2 is 2.12 bits per heavy atom. The van der Waals surface area contributed by atoms with Crippen LogP contribution >= 0.6 is 0 Å². The van der Waals surface area contributed by atoms with Crippen molar-refractivity contribution in [2.75, 3.05) is 11.9 Å². The van der Waals surface area contributed by atoms with Crippen LogP contribution in [0.1, 0.15) is 6.92 Å². The van der Waals surface area contributed by atoms with E-state index < -0.39 is 0 Å². The van der Waals surface area contributed by atoms with Crippen molar-refractivity contribution in [1.29, 1.82) is 0 Å². The van der Waals surface area contributed by atoms with Gasteiger partial charge in [-0.3, -0.25) is 14.7 Å². The number of rotatable bonds is 3. The molecule has 2 amide bonds. The van der Waals surface area contributed by atoms with Crippen LogP contribution in [-0.4, -0.2) is 28.6 Å². The van der Waals surface area contributed by atoms with Gasteiger partial charge in [-0.1, -0.05) is 12.1 Å². The zero-order chi connectivity index (χ0) is 12.3. The van der Waals surface area contributed by atoms with Gasteiger partial charge in [0.25, 0.3) is 0 Å². The molecule has 0 bridgehead atoms. The van der Waals surface area contributed by atoms with E-state index >= 15 is 0 Å². The van der Waals surface area contributed by atoms with E-state index in [1.165, 1.54) is 6.92 Å². The summed E-state index contributed by atoms with van der Waals surface area (Å²) in [5.74, 6) is -0.0829. The van der Waals surface area contributed by atoms with Gasteiger partial charge in [-0.05, 0) is 12.1 Å². The molecule has 0 radical (unpaired) electrons. The average Bonchev–Trinajstić information content (AvgIpc) is 2.70. The maximum absolute atomic E-state index is 11.5. The van der Waals surface area contributed by atoms with Crippen LogP contribution in [0.25, 0.3) is 10.9 Å². The molecule has 88 valence electrons. The van der Waals surface area contributed by atoms with Crippen molar-refractivity contribution in [2.45, 2.75) is 6.92 Å². The number of nitrogens with one attached hydrogen (secondary N) is 3. The summed E-state index contributed by atoms with van der Waals surface area (Å²) in [4.78, 5) is 22.1. The fraction of sp³-hybridized carbons (Fsp3) is 0.182. The van der Waals surface area contributed by atoms with Gasteiger partial charge in [0.1, 0.15) is 0 Å². The molecule has 0 saturated carbocycles. The first kappa shape index (κ1) is 11.1. The number of amides is 2. The van der Waals surface area contributed by atoms with Crippen LogP contribution in [0.2, 0.25) is 0 Å². The van der Waals surface area contributed by atoms with Crippen LogP contribution in [0.15, 0.2) is 24.3 Å². The third-order valence-electron chi connectivity index (χ3n) is 2.23. The molecule has 0 aliphatic carbocycles. The van der Waals surface area contributed by atoms with Crippen LogP contribution < -0.4 is 10.6 Å². The van der Waals surface area contributed by atoms with E-state index in [4.69, 9.17) is 0 Å². The third kappa shape index (κ3) is 2.60. The summed E-state index contributed by atoms with van der Waals surface area (Å²) in [6, 6.07) is 7.46. The summed E-state index contributed by atoms with van der Waals surface area (Å²) in [6.45, 7) is 1.30. The second-order valence-electron chi connectivity index (χ2n) is 3.58. The third-order valence-corrected chi connectivity index (χ3v) is 2.23. The van der Waals surface area contributed by atoms with Gasteiger partial charge in [-0.15, -0.1) is 0 Å². The van der Waals surface area contributed by atoms with Crippen molar-refractivity contribution in [3.8, 4) is 0 Å². The number of hydrogen-bond acceptors (Lipinski definition) is 3. The summed E-state index contributed by atoms with van der Waals surface area (Å²) >= 11 is 0. The Bertz CT molecular complexity index is 561. The second kappa shape index (κ2) is 4.65. The van der Waals surface area contributed by atoms with E-state index in [9.17, 15) is 9.59 Å². The maximum atomic E-state index is 11.5. The van der Waals surface area contributed by atoms with Crippen molar-refractivity contribution in [3.63, 3.8) is 0 Å². The van der Waals surface area contributed by atoms with Gasteiger partial charge in [0.15, 0.2) is 5.82 Å². The highest BCUT2D eigenvalue weighted by molar-refractivity contribution is 6.01. The van der Waals surface area contributed by atoms with Crippen LogP contribution in [-0.2, 0) is 9.59 Å². The lowest BCUT2D eigenvalue weighted by Crippen LogP contribution is -2.31. The molecule has 3 N–H and O–H groups in total. The van der Waals surface area contributed by atoms with Crippen molar-refractivity contribution >= 4 is 28.5 Å². The molecular weight excluding hydrogens is 220 g/mol. The van der Waals surface area contributed by atoms with Crippen molar-refractivity contribution in [1.82, 2.24) is 15.5 Å². The predicted molar refractivity (Wildman–Crippen MR) is 63.4 cm³/mol. The van der Waals surface area contributed by atoms with E-state index in [0.29, 0.717) is 5.82 Å². The Hall–Kier alpha value is -2.37. The molecule has 0 fully saturated rings. The molecule has 6 nitrogen and oxygen atoms in total. The van der Waals surface area contributed by atoms with Crippen LogP contribution in [0.3, 0.4) is 0 Å². The van der Waals surface area contributed by atoms with E-state index in [-0.39, 0.29) is 18.4 Å². The number of fused-ring (bicyclic) bond motifs is 1. The highest BCUT2D eigenvalue weighted by Gasteiger charge is 2.08. The van der Waals surface area contributed by atoms with Gasteiger partial charge < -0.3 is 10.6 Å². The Kier molecular flexibility index (Phi) is 3.04. The number of para-hydroxylation sites is 1. The normalized spacial score (nSPS) is 10.2. The quantitative estimate of drug-likeness (QED) is 0.725. The van der Waals surface area contributed by atoms with E-state index in [2.05, 4.69) is 20.8 Å². The first-order valence-electron chi connectivity index (χ1n) is 5.14. The molecule has 0 saturated heterocycles. The lowest BCUT2D eigenvalue weighted by Gasteiger charge is -2.02. The number of anilines is 1. The van der Waals surface area contributed by atoms with Gasteiger partial charge >= 0.3 is 0 Å². The lowest BCUT2D eigenvalue weighted by molar-refractivity contribution is -0.122. The monoisotopic (exact) mass is 232 g/mol. The Morgan fingerprint density at radius 3 is 2.88 bits per heavy atom. The Labute approximate surface area is 97.4 Å². The summed E-state index contributed by atoms with van der Waals surface area (Å²) < 4.78 is 0. The lowest BCUT2D eigenvalue weighted by atomic mass is 10.2. The first-order valence-corrected chi connectivity index (χ1v) is 5.14. The molecular formula is C11H12N4O2. The zero-order valence-corrected chi connectivity index (χ0v) is 9.28. The molecule has 0 spiro atoms. The Morgan fingerprint density at radius 1 is 1.35 bits per heavy atom. The number of aromatic nitrogens is 2. The smallest absolute Gasteiger partial charge is 0.244 e. The van der Waals surface area contributed by atoms with Crippen LogP contribution in [0.4, 0.5) is 5.82 Å². The summed E-state index contributed by atoms with van der Waals surface area (Å²) in [7, 11) is 0. The largest absolute Gasteiger partial charge is 0.347 e. The van der Waals surface area contributed by atoms with Crippen molar-refractivity contribution in [3.05, 3.63) is 24.3 Å². The number of hydrogen-bond donors (Lipinski definition) is 3. The molecule has 0 aliphatic heterocycles. The average molecular weight is 232 g/mol. The molecule has 1 heterocycles. The van der Waals surface area contributed by atoms with E-state index in [1.807, 2.05) is 24.3 Å². The SMILES string of the molecule is CC(=O)NCC(=O)Nc1n[nH]c2ccccc12. The highest BCUT2D eigenvalue weighted by atomic mass is 16.2. The fourth-order valence-corrected chi connectivity index (χ4v) is 1.44. The van der Waals surface area contributed by atoms with Gasteiger partial charge in [0.05, 0.1) is 12.1 Å². The van der Waals surface area contributed by atoms with Gasteiger partial charge in [-0.25, -0.2) is 0 Å². The van der Waals surface area contributed by atoms with E-state index in [0.717, 1.165) is 10.9 Å². The zero-order valence-electron chi connectivity index (χ0n) is 9.28. The number of carbonyl (C=O) groups excluding carboxylic acids is 2. The Balaban J connectivity index is 2.08. The molecule has 2 rings (SSSR count). The number of benzene rings is 1.